The molecule has 0 N–H and O–H groups in total. The first-order chi connectivity index (χ1) is 13.7. The molecule has 0 saturated heterocycles. The zero-order valence-electron chi connectivity index (χ0n) is 17.5. The lowest BCUT2D eigenvalue weighted by Gasteiger charge is -2.20. The molecule has 3 aromatic rings. The summed E-state index contributed by atoms with van der Waals surface area (Å²) >= 11 is 1.28. The Labute approximate surface area is 176 Å². The van der Waals surface area contributed by atoms with Gasteiger partial charge in [-0.2, -0.15) is 0 Å². The van der Waals surface area contributed by atoms with Crippen LogP contribution in [-0.4, -0.2) is 33.3 Å². The van der Waals surface area contributed by atoms with Gasteiger partial charge in [-0.05, 0) is 35.6 Å². The standard InChI is InChI=1S/C23H27N3O2S/c1-16(21(27)26(5)15-17-9-7-6-8-10-17)29-22-25-24-20(28-22)18-11-13-19(14-12-18)23(2,3)4/h6-14,16H,15H2,1-5H3/t16-/m1/s1. The van der Waals surface area contributed by atoms with Crippen molar-refractivity contribution in [2.75, 3.05) is 7.05 Å². The highest BCUT2D eigenvalue weighted by Crippen LogP contribution is 2.29. The molecule has 152 valence electrons. The first kappa shape index (κ1) is 21.1. The summed E-state index contributed by atoms with van der Waals surface area (Å²) in [5, 5.41) is 8.32. The van der Waals surface area contributed by atoms with E-state index >= 15 is 0 Å². The van der Waals surface area contributed by atoms with E-state index in [0.717, 1.165) is 11.1 Å². The predicted octanol–water partition coefficient (Wildman–Crippen LogP) is 5.17. The first-order valence-electron chi connectivity index (χ1n) is 9.64. The van der Waals surface area contributed by atoms with Gasteiger partial charge in [0.25, 0.3) is 5.22 Å². The minimum absolute atomic E-state index is 0.0214. The molecule has 6 heteroatoms. The molecular weight excluding hydrogens is 382 g/mol. The second kappa shape index (κ2) is 8.82. The van der Waals surface area contributed by atoms with Crippen molar-refractivity contribution in [2.45, 2.75) is 50.1 Å². The number of benzene rings is 2. The van der Waals surface area contributed by atoms with Crippen LogP contribution in [0.2, 0.25) is 0 Å². The van der Waals surface area contributed by atoms with E-state index in [0.29, 0.717) is 17.7 Å². The molecule has 0 fully saturated rings. The normalized spacial score (nSPS) is 12.6. The summed E-state index contributed by atoms with van der Waals surface area (Å²) in [6.07, 6.45) is 0. The van der Waals surface area contributed by atoms with Crippen LogP contribution < -0.4 is 0 Å². The maximum Gasteiger partial charge on any atom is 0.277 e. The first-order valence-corrected chi connectivity index (χ1v) is 10.5. The van der Waals surface area contributed by atoms with E-state index in [4.69, 9.17) is 4.42 Å². The van der Waals surface area contributed by atoms with Gasteiger partial charge in [-0.15, -0.1) is 10.2 Å². The smallest absolute Gasteiger partial charge is 0.277 e. The van der Waals surface area contributed by atoms with Crippen LogP contribution in [0.5, 0.6) is 0 Å². The third kappa shape index (κ3) is 5.48. The molecule has 0 radical (unpaired) electrons. The van der Waals surface area contributed by atoms with Gasteiger partial charge >= 0.3 is 0 Å². The minimum Gasteiger partial charge on any atom is -0.411 e. The van der Waals surface area contributed by atoms with Crippen LogP contribution in [0.25, 0.3) is 11.5 Å². The summed E-state index contributed by atoms with van der Waals surface area (Å²) in [5.41, 5.74) is 3.31. The molecule has 0 spiro atoms. The van der Waals surface area contributed by atoms with E-state index in [1.165, 1.54) is 17.3 Å². The van der Waals surface area contributed by atoms with Gasteiger partial charge in [0.05, 0.1) is 5.25 Å². The third-order valence-electron chi connectivity index (χ3n) is 4.67. The van der Waals surface area contributed by atoms with E-state index in [-0.39, 0.29) is 16.6 Å². The van der Waals surface area contributed by atoms with Gasteiger partial charge in [-0.3, -0.25) is 4.79 Å². The molecule has 1 heterocycles. The Kier molecular flexibility index (Phi) is 6.42. The molecule has 29 heavy (non-hydrogen) atoms. The van der Waals surface area contributed by atoms with E-state index in [1.807, 2.05) is 56.4 Å². The Morgan fingerprint density at radius 2 is 1.72 bits per heavy atom. The van der Waals surface area contributed by atoms with Crippen molar-refractivity contribution in [3.8, 4) is 11.5 Å². The number of hydrogen-bond acceptors (Lipinski definition) is 5. The lowest BCUT2D eigenvalue weighted by atomic mass is 9.87. The van der Waals surface area contributed by atoms with E-state index in [9.17, 15) is 4.79 Å². The van der Waals surface area contributed by atoms with E-state index in [1.54, 1.807) is 4.90 Å². The quantitative estimate of drug-likeness (QED) is 0.526. The van der Waals surface area contributed by atoms with Crippen LogP contribution in [0, 0.1) is 0 Å². The average molecular weight is 410 g/mol. The van der Waals surface area contributed by atoms with Crippen molar-refractivity contribution in [3.63, 3.8) is 0 Å². The van der Waals surface area contributed by atoms with Gasteiger partial charge in [-0.25, -0.2) is 0 Å². The maximum absolute atomic E-state index is 12.7. The van der Waals surface area contributed by atoms with Crippen LogP contribution in [0.15, 0.2) is 64.2 Å². The lowest BCUT2D eigenvalue weighted by Crippen LogP contribution is -2.32. The molecule has 0 bridgehead atoms. The molecule has 1 aromatic heterocycles. The van der Waals surface area contributed by atoms with Gasteiger partial charge in [0.15, 0.2) is 0 Å². The van der Waals surface area contributed by atoms with Crippen LogP contribution in [0.4, 0.5) is 0 Å². The second-order valence-electron chi connectivity index (χ2n) is 8.14. The highest BCUT2D eigenvalue weighted by Gasteiger charge is 2.22. The highest BCUT2D eigenvalue weighted by molar-refractivity contribution is 8.00. The topological polar surface area (TPSA) is 59.2 Å². The molecule has 1 atom stereocenters. The Hall–Kier alpha value is -2.60. The van der Waals surface area contributed by atoms with E-state index < -0.39 is 0 Å². The van der Waals surface area contributed by atoms with Crippen molar-refractivity contribution in [1.29, 1.82) is 0 Å². The molecule has 0 aliphatic rings. The average Bonchev–Trinajstić information content (AvgIpc) is 3.16. The van der Waals surface area contributed by atoms with Crippen molar-refractivity contribution >= 4 is 17.7 Å². The number of nitrogens with zero attached hydrogens (tertiary/aromatic N) is 3. The number of amides is 1. The molecular formula is C23H27N3O2S. The molecule has 0 aliphatic carbocycles. The molecule has 0 unspecified atom stereocenters. The minimum atomic E-state index is -0.319. The Morgan fingerprint density at radius 3 is 2.34 bits per heavy atom. The number of hydrogen-bond donors (Lipinski definition) is 0. The predicted molar refractivity (Wildman–Crippen MR) is 117 cm³/mol. The largest absolute Gasteiger partial charge is 0.411 e. The van der Waals surface area contributed by atoms with E-state index in [2.05, 4.69) is 43.1 Å². The fourth-order valence-electron chi connectivity index (χ4n) is 2.93. The van der Waals surface area contributed by atoms with Crippen LogP contribution in [0.1, 0.15) is 38.8 Å². The second-order valence-corrected chi connectivity index (χ2v) is 9.43. The van der Waals surface area contributed by atoms with Crippen molar-refractivity contribution in [2.24, 2.45) is 0 Å². The fraction of sp³-hybridized carbons (Fsp3) is 0.348. The number of aromatic nitrogens is 2. The SMILES string of the molecule is C[C@@H](Sc1nnc(-c2ccc(C(C)(C)C)cc2)o1)C(=O)N(C)Cc1ccccc1. The third-order valence-corrected chi connectivity index (χ3v) is 5.59. The summed E-state index contributed by atoms with van der Waals surface area (Å²) < 4.78 is 5.78. The van der Waals surface area contributed by atoms with Gasteiger partial charge in [-0.1, -0.05) is 75.0 Å². The van der Waals surface area contributed by atoms with Gasteiger partial charge < -0.3 is 9.32 Å². The van der Waals surface area contributed by atoms with Crippen LogP contribution in [-0.2, 0) is 16.8 Å². The monoisotopic (exact) mass is 409 g/mol. The number of rotatable bonds is 6. The highest BCUT2D eigenvalue weighted by atomic mass is 32.2. The molecule has 0 saturated carbocycles. The fourth-order valence-corrected chi connectivity index (χ4v) is 3.73. The van der Waals surface area contributed by atoms with Gasteiger partial charge in [0, 0.05) is 19.2 Å². The molecule has 3 rings (SSSR count). The van der Waals surface area contributed by atoms with Crippen molar-refractivity contribution < 1.29 is 9.21 Å². The van der Waals surface area contributed by atoms with Crippen LogP contribution >= 0.6 is 11.8 Å². The van der Waals surface area contributed by atoms with Crippen molar-refractivity contribution in [1.82, 2.24) is 15.1 Å². The summed E-state index contributed by atoms with van der Waals surface area (Å²) in [5.74, 6) is 0.485. The van der Waals surface area contributed by atoms with Crippen molar-refractivity contribution in [3.05, 3.63) is 65.7 Å². The Balaban J connectivity index is 1.62. The Bertz CT molecular complexity index is 946. The summed E-state index contributed by atoms with van der Waals surface area (Å²) in [4.78, 5) is 14.4. The summed E-state index contributed by atoms with van der Waals surface area (Å²) in [6, 6.07) is 18.1. The molecule has 2 aromatic carbocycles. The maximum atomic E-state index is 12.7. The summed E-state index contributed by atoms with van der Waals surface area (Å²) in [7, 11) is 1.81. The van der Waals surface area contributed by atoms with Gasteiger partial charge in [0.1, 0.15) is 0 Å². The molecule has 1 amide bonds. The molecule has 5 nitrogen and oxygen atoms in total. The van der Waals surface area contributed by atoms with Gasteiger partial charge in [0.2, 0.25) is 11.8 Å². The summed E-state index contributed by atoms with van der Waals surface area (Å²) in [6.45, 7) is 8.96. The number of thioether (sulfide) groups is 1. The van der Waals surface area contributed by atoms with Crippen LogP contribution in [0.3, 0.4) is 0 Å². The lowest BCUT2D eigenvalue weighted by molar-refractivity contribution is -0.129. The molecule has 0 aliphatic heterocycles. The number of carbonyl (C=O) groups excluding carboxylic acids is 1. The zero-order valence-corrected chi connectivity index (χ0v) is 18.4. The Morgan fingerprint density at radius 1 is 1.07 bits per heavy atom. The zero-order chi connectivity index (χ0) is 21.0. The number of carbonyl (C=O) groups is 1.